The molecular weight excluding hydrogens is 330 g/mol. The number of carbonyl (C=O) groups is 2. The van der Waals surface area contributed by atoms with Crippen molar-refractivity contribution in [1.82, 2.24) is 14.8 Å². The van der Waals surface area contributed by atoms with Crippen molar-refractivity contribution in [2.45, 2.75) is 6.92 Å². The van der Waals surface area contributed by atoms with Gasteiger partial charge in [-0.25, -0.2) is 4.98 Å². The van der Waals surface area contributed by atoms with Gasteiger partial charge >= 0.3 is 0 Å². The van der Waals surface area contributed by atoms with Crippen LogP contribution >= 0.6 is 0 Å². The smallest absolute Gasteiger partial charge is 0.272 e. The highest BCUT2D eigenvalue weighted by molar-refractivity contribution is 5.92. The van der Waals surface area contributed by atoms with E-state index in [2.05, 4.69) is 16.4 Å². The van der Waals surface area contributed by atoms with Crippen LogP contribution in [0.2, 0.25) is 0 Å². The van der Waals surface area contributed by atoms with Crippen molar-refractivity contribution in [1.29, 1.82) is 5.26 Å². The van der Waals surface area contributed by atoms with Crippen LogP contribution in [0.25, 0.3) is 0 Å². The number of pyridine rings is 1. The summed E-state index contributed by atoms with van der Waals surface area (Å²) < 4.78 is 0. The van der Waals surface area contributed by atoms with E-state index in [1.165, 1.54) is 0 Å². The zero-order valence-electron chi connectivity index (χ0n) is 14.5. The van der Waals surface area contributed by atoms with Crippen molar-refractivity contribution >= 4 is 23.2 Å². The lowest BCUT2D eigenvalue weighted by Gasteiger charge is -2.34. The molecule has 0 radical (unpaired) electrons. The zero-order chi connectivity index (χ0) is 18.5. The first-order valence-corrected chi connectivity index (χ1v) is 8.35. The number of carbonyl (C=O) groups excluding carboxylic acids is 2. The van der Waals surface area contributed by atoms with Crippen molar-refractivity contribution in [3.63, 3.8) is 0 Å². The van der Waals surface area contributed by atoms with Gasteiger partial charge in [-0.2, -0.15) is 5.26 Å². The molecule has 7 heteroatoms. The molecule has 0 atom stereocenters. The van der Waals surface area contributed by atoms with E-state index in [0.29, 0.717) is 37.4 Å². The molecule has 0 bridgehead atoms. The largest absolute Gasteiger partial charge is 0.354 e. The van der Waals surface area contributed by atoms with Gasteiger partial charge in [0.1, 0.15) is 5.69 Å². The summed E-state index contributed by atoms with van der Waals surface area (Å²) in [5.74, 6) is -0.0911. The van der Waals surface area contributed by atoms with Crippen molar-refractivity contribution in [3.8, 4) is 6.07 Å². The van der Waals surface area contributed by atoms with Crippen LogP contribution in [0.3, 0.4) is 0 Å². The molecule has 0 aliphatic carbocycles. The molecule has 0 spiro atoms. The Kier molecular flexibility index (Phi) is 5.13. The fourth-order valence-corrected chi connectivity index (χ4v) is 2.78. The van der Waals surface area contributed by atoms with Crippen molar-refractivity contribution < 1.29 is 9.59 Å². The maximum absolute atomic E-state index is 12.5. The van der Waals surface area contributed by atoms with Crippen LogP contribution in [0.1, 0.15) is 23.0 Å². The number of amides is 2. The number of rotatable bonds is 3. The highest BCUT2D eigenvalue weighted by atomic mass is 16.2. The first-order chi connectivity index (χ1) is 12.6. The number of hydrogen-bond acceptors (Lipinski definition) is 5. The van der Waals surface area contributed by atoms with Gasteiger partial charge in [0, 0.05) is 38.8 Å². The van der Waals surface area contributed by atoms with Gasteiger partial charge in [-0.1, -0.05) is 0 Å². The van der Waals surface area contributed by atoms with Crippen molar-refractivity contribution in [2.24, 2.45) is 0 Å². The number of anilines is 2. The van der Waals surface area contributed by atoms with E-state index >= 15 is 0 Å². The maximum atomic E-state index is 12.5. The quantitative estimate of drug-likeness (QED) is 0.915. The van der Waals surface area contributed by atoms with Gasteiger partial charge in [0.15, 0.2) is 0 Å². The van der Waals surface area contributed by atoms with Crippen LogP contribution in [-0.4, -0.2) is 52.8 Å². The molecule has 2 aromatic rings. The van der Waals surface area contributed by atoms with E-state index in [1.54, 1.807) is 47.2 Å². The van der Waals surface area contributed by atoms with Gasteiger partial charge in [0.2, 0.25) is 5.91 Å². The molecule has 1 N–H and O–H groups in total. The van der Waals surface area contributed by atoms with Crippen LogP contribution in [0.15, 0.2) is 42.6 Å². The van der Waals surface area contributed by atoms with Crippen LogP contribution < -0.4 is 5.32 Å². The van der Waals surface area contributed by atoms with Crippen LogP contribution in [0.5, 0.6) is 0 Å². The number of hydrogen-bond donors (Lipinski definition) is 1. The molecule has 1 aliphatic rings. The summed E-state index contributed by atoms with van der Waals surface area (Å²) in [6, 6.07) is 12.6. The summed E-state index contributed by atoms with van der Waals surface area (Å²) >= 11 is 0. The van der Waals surface area contributed by atoms with E-state index in [1.807, 2.05) is 12.1 Å². The number of benzene rings is 1. The fraction of sp³-hybridized carbons (Fsp3) is 0.263. The third-order valence-corrected chi connectivity index (χ3v) is 4.30. The molecule has 1 aromatic carbocycles. The first kappa shape index (κ1) is 17.4. The normalized spacial score (nSPS) is 13.8. The Morgan fingerprint density at radius 1 is 1.00 bits per heavy atom. The lowest BCUT2D eigenvalue weighted by atomic mass is 10.2. The Morgan fingerprint density at radius 3 is 2.15 bits per heavy atom. The number of piperazine rings is 1. The minimum Gasteiger partial charge on any atom is -0.354 e. The Morgan fingerprint density at radius 2 is 1.62 bits per heavy atom. The van der Waals surface area contributed by atoms with Gasteiger partial charge < -0.3 is 15.1 Å². The SMILES string of the molecule is CC(=O)N1CCN(C(=O)c2ccc(Nc3ccc(C#N)cc3)cn2)CC1. The number of nitrogens with one attached hydrogen (secondary N) is 1. The predicted molar refractivity (Wildman–Crippen MR) is 96.8 cm³/mol. The average Bonchev–Trinajstić information content (AvgIpc) is 2.69. The van der Waals surface area contributed by atoms with Crippen molar-refractivity contribution in [3.05, 3.63) is 53.9 Å². The standard InChI is InChI=1S/C19H19N5O2/c1-14(25)23-8-10-24(11-9-23)19(26)18-7-6-17(13-21-18)22-16-4-2-15(12-20)3-5-16/h2-7,13,22H,8-11H2,1H3. The second-order valence-electron chi connectivity index (χ2n) is 6.04. The fourth-order valence-electron chi connectivity index (χ4n) is 2.78. The van der Waals surface area contributed by atoms with Crippen LogP contribution in [-0.2, 0) is 4.79 Å². The first-order valence-electron chi connectivity index (χ1n) is 8.35. The van der Waals surface area contributed by atoms with Crippen LogP contribution in [0, 0.1) is 11.3 Å². The van der Waals surface area contributed by atoms with Gasteiger partial charge in [-0.15, -0.1) is 0 Å². The molecule has 132 valence electrons. The second kappa shape index (κ2) is 7.66. The van der Waals surface area contributed by atoms with Gasteiger partial charge in [0.05, 0.1) is 23.5 Å². The van der Waals surface area contributed by atoms with Crippen LogP contribution in [0.4, 0.5) is 11.4 Å². The second-order valence-corrected chi connectivity index (χ2v) is 6.04. The molecule has 3 rings (SSSR count). The molecule has 7 nitrogen and oxygen atoms in total. The topological polar surface area (TPSA) is 89.3 Å². The lowest BCUT2D eigenvalue weighted by molar-refractivity contribution is -0.130. The van der Waals surface area contributed by atoms with Gasteiger partial charge in [-0.3, -0.25) is 9.59 Å². The van der Waals surface area contributed by atoms with E-state index in [-0.39, 0.29) is 11.8 Å². The van der Waals surface area contributed by atoms with Gasteiger partial charge in [-0.05, 0) is 36.4 Å². The minimum atomic E-state index is -0.127. The molecule has 2 amide bonds. The molecule has 1 saturated heterocycles. The van der Waals surface area contributed by atoms with Crippen molar-refractivity contribution in [2.75, 3.05) is 31.5 Å². The third-order valence-electron chi connectivity index (χ3n) is 4.30. The molecule has 1 aromatic heterocycles. The predicted octanol–water partition coefficient (Wildman–Crippen LogP) is 2.00. The Labute approximate surface area is 151 Å². The van der Waals surface area contributed by atoms with E-state index < -0.39 is 0 Å². The van der Waals surface area contributed by atoms with Gasteiger partial charge in [0.25, 0.3) is 5.91 Å². The summed E-state index contributed by atoms with van der Waals surface area (Å²) in [5, 5.41) is 12.0. The number of aromatic nitrogens is 1. The summed E-state index contributed by atoms with van der Waals surface area (Å²) in [7, 11) is 0. The van der Waals surface area contributed by atoms with E-state index in [4.69, 9.17) is 5.26 Å². The molecule has 0 saturated carbocycles. The number of nitrogens with zero attached hydrogens (tertiary/aromatic N) is 4. The molecule has 26 heavy (non-hydrogen) atoms. The number of nitriles is 1. The van der Waals surface area contributed by atoms with E-state index in [9.17, 15) is 9.59 Å². The summed E-state index contributed by atoms with van der Waals surface area (Å²) in [6.07, 6.45) is 1.61. The Balaban J connectivity index is 1.61. The summed E-state index contributed by atoms with van der Waals surface area (Å²) in [5.41, 5.74) is 2.57. The lowest BCUT2D eigenvalue weighted by Crippen LogP contribution is -2.50. The highest BCUT2D eigenvalue weighted by Gasteiger charge is 2.23. The monoisotopic (exact) mass is 349 g/mol. The highest BCUT2D eigenvalue weighted by Crippen LogP contribution is 2.17. The molecule has 1 aliphatic heterocycles. The van der Waals surface area contributed by atoms with E-state index in [0.717, 1.165) is 11.4 Å². The molecular formula is C19H19N5O2. The minimum absolute atomic E-state index is 0.0356. The average molecular weight is 349 g/mol. The molecule has 2 heterocycles. The summed E-state index contributed by atoms with van der Waals surface area (Å²) in [6.45, 7) is 3.69. The summed E-state index contributed by atoms with van der Waals surface area (Å²) in [4.78, 5) is 31.6. The Hall–Kier alpha value is -3.40. The Bertz CT molecular complexity index is 832. The molecule has 0 unspecified atom stereocenters. The third kappa shape index (κ3) is 3.98. The molecule has 1 fully saturated rings. The zero-order valence-corrected chi connectivity index (χ0v) is 14.5. The maximum Gasteiger partial charge on any atom is 0.272 e.